The Morgan fingerprint density at radius 1 is 1.00 bits per heavy atom. The fourth-order valence-corrected chi connectivity index (χ4v) is 4.36. The Morgan fingerprint density at radius 3 is 2.45 bits per heavy atom. The number of carbonyl (C=O) groups excluding carboxylic acids is 1. The van der Waals surface area contributed by atoms with E-state index in [1.165, 1.54) is 18.5 Å². The van der Waals surface area contributed by atoms with Crippen LogP contribution in [0.15, 0.2) is 61.2 Å². The van der Waals surface area contributed by atoms with Gasteiger partial charge in [-0.1, -0.05) is 18.6 Å². The summed E-state index contributed by atoms with van der Waals surface area (Å²) < 4.78 is 16.9. The second kappa shape index (κ2) is 8.97. The molecule has 0 bridgehead atoms. The Morgan fingerprint density at radius 2 is 1.73 bits per heavy atom. The molecule has 2 aromatic heterocycles. The summed E-state index contributed by atoms with van der Waals surface area (Å²) in [6, 6.07) is 13.9. The Kier molecular flexibility index (Phi) is 5.73. The lowest BCUT2D eigenvalue weighted by atomic mass is 10.1. The zero-order chi connectivity index (χ0) is 22.8. The van der Waals surface area contributed by atoms with E-state index in [9.17, 15) is 9.18 Å². The third-order valence-electron chi connectivity index (χ3n) is 6.14. The van der Waals surface area contributed by atoms with Crippen molar-refractivity contribution >= 4 is 5.91 Å². The van der Waals surface area contributed by atoms with Gasteiger partial charge in [0.1, 0.15) is 18.5 Å². The first kappa shape index (κ1) is 21.1. The molecule has 0 saturated heterocycles. The first-order chi connectivity index (χ1) is 16.1. The van der Waals surface area contributed by atoms with Gasteiger partial charge in [0.05, 0.1) is 17.4 Å². The molecule has 1 amide bonds. The normalized spacial score (nSPS) is 14.4. The number of benzene rings is 2. The predicted molar refractivity (Wildman–Crippen MR) is 122 cm³/mol. The van der Waals surface area contributed by atoms with Crippen LogP contribution in [0.3, 0.4) is 0 Å². The Hall–Kier alpha value is -3.81. The molecule has 1 unspecified atom stereocenters. The number of halogens is 1. The second-order valence-corrected chi connectivity index (χ2v) is 8.35. The van der Waals surface area contributed by atoms with Crippen LogP contribution in [-0.4, -0.2) is 30.5 Å². The van der Waals surface area contributed by atoms with Crippen molar-refractivity contribution in [2.24, 2.45) is 0 Å². The minimum absolute atomic E-state index is 0.193. The van der Waals surface area contributed by atoms with Crippen molar-refractivity contribution in [3.63, 3.8) is 0 Å². The highest BCUT2D eigenvalue weighted by Crippen LogP contribution is 2.27. The third-order valence-corrected chi connectivity index (χ3v) is 6.14. The van der Waals surface area contributed by atoms with E-state index in [0.29, 0.717) is 5.69 Å². The van der Waals surface area contributed by atoms with Crippen LogP contribution < -0.4 is 5.32 Å². The van der Waals surface area contributed by atoms with Crippen molar-refractivity contribution in [1.29, 1.82) is 0 Å². The van der Waals surface area contributed by atoms with Crippen molar-refractivity contribution in [3.05, 3.63) is 89.5 Å². The van der Waals surface area contributed by atoms with Crippen LogP contribution >= 0.6 is 0 Å². The molecule has 0 fully saturated rings. The Bertz CT molecular complexity index is 1250. The minimum Gasteiger partial charge on any atom is -0.344 e. The standard InChI is InChI=1S/C25H25FN6O/c1-17(18-7-11-20(12-8-18)31-16-27-15-28-31)29-25(33)24-22-5-3-2-4-6-23(22)32(30-24)21-13-9-19(26)10-14-21/h7-17H,2-6H2,1H3,(H,29,33). The van der Waals surface area contributed by atoms with Gasteiger partial charge >= 0.3 is 0 Å². The lowest BCUT2D eigenvalue weighted by molar-refractivity contribution is 0.0933. The molecule has 8 heteroatoms. The molecule has 1 aliphatic rings. The molecule has 5 rings (SSSR count). The largest absolute Gasteiger partial charge is 0.344 e. The van der Waals surface area contributed by atoms with Gasteiger partial charge < -0.3 is 5.32 Å². The number of aromatic nitrogens is 5. The molecule has 2 heterocycles. The fraction of sp³-hybridized carbons (Fsp3) is 0.280. The minimum atomic E-state index is -0.293. The van der Waals surface area contributed by atoms with E-state index in [2.05, 4.69) is 15.4 Å². The Balaban J connectivity index is 1.40. The van der Waals surface area contributed by atoms with E-state index >= 15 is 0 Å². The zero-order valence-electron chi connectivity index (χ0n) is 18.4. The molecule has 0 radical (unpaired) electrons. The van der Waals surface area contributed by atoms with E-state index < -0.39 is 0 Å². The summed E-state index contributed by atoms with van der Waals surface area (Å²) in [5.74, 6) is -0.486. The van der Waals surface area contributed by atoms with Crippen molar-refractivity contribution in [3.8, 4) is 11.4 Å². The smallest absolute Gasteiger partial charge is 0.272 e. The molecular formula is C25H25FN6O. The Labute approximate surface area is 191 Å². The van der Waals surface area contributed by atoms with Gasteiger partial charge in [0.25, 0.3) is 5.91 Å². The van der Waals surface area contributed by atoms with Crippen LogP contribution in [-0.2, 0) is 12.8 Å². The topological polar surface area (TPSA) is 77.6 Å². The zero-order valence-corrected chi connectivity index (χ0v) is 18.4. The molecular weight excluding hydrogens is 419 g/mol. The SMILES string of the molecule is CC(NC(=O)c1nn(-c2ccc(F)cc2)c2c1CCCCC2)c1ccc(-n2cncn2)cc1. The monoisotopic (exact) mass is 444 g/mol. The molecule has 0 spiro atoms. The first-order valence-electron chi connectivity index (χ1n) is 11.2. The number of nitrogens with one attached hydrogen (secondary N) is 1. The van der Waals surface area contributed by atoms with E-state index in [0.717, 1.165) is 60.3 Å². The predicted octanol–water partition coefficient (Wildman–Crippen LogP) is 4.35. The summed E-state index contributed by atoms with van der Waals surface area (Å²) in [6.45, 7) is 1.96. The number of amides is 1. The lowest BCUT2D eigenvalue weighted by Crippen LogP contribution is -2.28. The van der Waals surface area contributed by atoms with Gasteiger partial charge in [-0.05, 0) is 74.6 Å². The first-order valence-corrected chi connectivity index (χ1v) is 11.2. The number of hydrogen-bond acceptors (Lipinski definition) is 4. The van der Waals surface area contributed by atoms with Crippen LogP contribution in [0.1, 0.15) is 59.5 Å². The van der Waals surface area contributed by atoms with Crippen LogP contribution in [0.5, 0.6) is 0 Å². The summed E-state index contributed by atoms with van der Waals surface area (Å²) in [4.78, 5) is 17.3. The number of rotatable bonds is 5. The molecule has 0 aliphatic heterocycles. The highest BCUT2D eigenvalue weighted by molar-refractivity contribution is 5.94. The summed E-state index contributed by atoms with van der Waals surface area (Å²) >= 11 is 0. The summed E-state index contributed by atoms with van der Waals surface area (Å²) in [7, 11) is 0. The average Bonchev–Trinajstić information content (AvgIpc) is 3.43. The molecule has 4 aromatic rings. The molecule has 33 heavy (non-hydrogen) atoms. The van der Waals surface area contributed by atoms with Crippen molar-refractivity contribution in [2.75, 3.05) is 0 Å². The van der Waals surface area contributed by atoms with Gasteiger partial charge in [-0.2, -0.15) is 10.2 Å². The molecule has 2 aromatic carbocycles. The van der Waals surface area contributed by atoms with Crippen molar-refractivity contribution in [2.45, 2.75) is 45.1 Å². The number of hydrogen-bond donors (Lipinski definition) is 1. The maximum Gasteiger partial charge on any atom is 0.272 e. The van der Waals surface area contributed by atoms with Crippen LogP contribution in [0.25, 0.3) is 11.4 Å². The summed E-state index contributed by atoms with van der Waals surface area (Å²) in [5.41, 5.74) is 5.17. The van der Waals surface area contributed by atoms with Gasteiger partial charge in [0.15, 0.2) is 5.69 Å². The van der Waals surface area contributed by atoms with Crippen LogP contribution in [0, 0.1) is 5.82 Å². The number of carbonyl (C=O) groups is 1. The van der Waals surface area contributed by atoms with Gasteiger partial charge in [-0.3, -0.25) is 4.79 Å². The highest BCUT2D eigenvalue weighted by Gasteiger charge is 2.25. The van der Waals surface area contributed by atoms with E-state index in [-0.39, 0.29) is 17.8 Å². The van der Waals surface area contributed by atoms with E-state index in [1.807, 2.05) is 35.9 Å². The van der Waals surface area contributed by atoms with Crippen LogP contribution in [0.4, 0.5) is 4.39 Å². The summed E-state index contributed by atoms with van der Waals surface area (Å²) in [5, 5.41) is 11.9. The second-order valence-electron chi connectivity index (χ2n) is 8.35. The molecule has 7 nitrogen and oxygen atoms in total. The maximum atomic E-state index is 13.4. The van der Waals surface area contributed by atoms with Gasteiger partial charge in [0.2, 0.25) is 0 Å². The number of fused-ring (bicyclic) bond motifs is 1. The molecule has 1 atom stereocenters. The molecule has 1 aliphatic carbocycles. The third kappa shape index (κ3) is 4.28. The van der Waals surface area contributed by atoms with Crippen LogP contribution in [0.2, 0.25) is 0 Å². The van der Waals surface area contributed by atoms with Crippen molar-refractivity contribution < 1.29 is 9.18 Å². The van der Waals surface area contributed by atoms with E-state index in [4.69, 9.17) is 5.10 Å². The van der Waals surface area contributed by atoms with Gasteiger partial charge in [0, 0.05) is 11.3 Å². The molecule has 168 valence electrons. The van der Waals surface area contributed by atoms with Gasteiger partial charge in [-0.25, -0.2) is 18.7 Å². The fourth-order valence-electron chi connectivity index (χ4n) is 4.36. The van der Waals surface area contributed by atoms with Crippen molar-refractivity contribution in [1.82, 2.24) is 29.9 Å². The van der Waals surface area contributed by atoms with Gasteiger partial charge in [-0.15, -0.1) is 0 Å². The number of nitrogens with zero attached hydrogens (tertiary/aromatic N) is 5. The summed E-state index contributed by atoms with van der Waals surface area (Å²) in [6.07, 6.45) is 8.01. The maximum absolute atomic E-state index is 13.4. The molecule has 0 saturated carbocycles. The molecule has 1 N–H and O–H groups in total. The average molecular weight is 445 g/mol. The quantitative estimate of drug-likeness (QED) is 0.464. The lowest BCUT2D eigenvalue weighted by Gasteiger charge is -2.14. The van der Waals surface area contributed by atoms with E-state index in [1.54, 1.807) is 23.1 Å². The highest BCUT2D eigenvalue weighted by atomic mass is 19.1.